The maximum atomic E-state index is 12.7. The lowest BCUT2D eigenvalue weighted by atomic mass is 10.1. The van der Waals surface area contributed by atoms with Gasteiger partial charge in [0.25, 0.3) is 0 Å². The normalized spacial score (nSPS) is 13.8. The van der Waals surface area contributed by atoms with Gasteiger partial charge in [-0.25, -0.2) is 0 Å². The lowest BCUT2D eigenvalue weighted by molar-refractivity contribution is -0.137. The molecule has 1 unspecified atom stereocenters. The molecule has 0 saturated heterocycles. The summed E-state index contributed by atoms with van der Waals surface area (Å²) in [5.74, 6) is 0. The average Bonchev–Trinajstić information content (AvgIpc) is 2.70. The van der Waals surface area contributed by atoms with E-state index in [-0.39, 0.29) is 9.85 Å². The van der Waals surface area contributed by atoms with Crippen LogP contribution in [-0.2, 0) is 6.18 Å². The van der Waals surface area contributed by atoms with Crippen LogP contribution in [0.25, 0.3) is 0 Å². The Kier molecular flexibility index (Phi) is 7.19. The number of hydrogen-bond donors (Lipinski definition) is 0. The fourth-order valence-electron chi connectivity index (χ4n) is 1.82. The molecule has 0 bridgehead atoms. The second-order valence-electron chi connectivity index (χ2n) is 4.50. The van der Waals surface area contributed by atoms with Crippen molar-refractivity contribution in [2.75, 3.05) is 0 Å². The van der Waals surface area contributed by atoms with E-state index in [9.17, 15) is 13.2 Å². The molecule has 1 aromatic rings. The van der Waals surface area contributed by atoms with Crippen LogP contribution in [0.1, 0.15) is 61.3 Å². The predicted octanol–water partition coefficient (Wildman–Crippen LogP) is 7.17. The molecule has 1 rings (SSSR count). The van der Waals surface area contributed by atoms with Gasteiger partial charge in [-0.3, -0.25) is 0 Å². The summed E-state index contributed by atoms with van der Waals surface area (Å²) in [6, 6.07) is 0. The minimum Gasteiger partial charge on any atom is -0.166 e. The summed E-state index contributed by atoms with van der Waals surface area (Å²) in [5.41, 5.74) is -0.621. The molecule has 0 N–H and O–H groups in total. The number of rotatable bonds is 7. The molecule has 0 aliphatic heterocycles. The van der Waals surface area contributed by atoms with Crippen molar-refractivity contribution in [1.82, 2.24) is 0 Å². The molecule has 6 heteroatoms. The maximum absolute atomic E-state index is 12.7. The first-order chi connectivity index (χ1) is 8.88. The Morgan fingerprint density at radius 2 is 1.89 bits per heavy atom. The van der Waals surface area contributed by atoms with Crippen LogP contribution in [0.3, 0.4) is 0 Å². The van der Waals surface area contributed by atoms with Gasteiger partial charge in [0.15, 0.2) is 0 Å². The topological polar surface area (TPSA) is 0 Å². The number of thiophene rings is 1. The molecule has 0 aromatic carbocycles. The fourth-order valence-corrected chi connectivity index (χ4v) is 4.39. The molecule has 0 aliphatic carbocycles. The van der Waals surface area contributed by atoms with Crippen molar-refractivity contribution in [1.29, 1.82) is 0 Å². The lowest BCUT2D eigenvalue weighted by Gasteiger charge is -2.09. The van der Waals surface area contributed by atoms with E-state index in [1.807, 2.05) is 0 Å². The van der Waals surface area contributed by atoms with E-state index in [2.05, 4.69) is 22.9 Å². The van der Waals surface area contributed by atoms with Crippen molar-refractivity contribution in [2.24, 2.45) is 0 Å². The van der Waals surface area contributed by atoms with Crippen molar-refractivity contribution in [3.63, 3.8) is 0 Å². The molecule has 0 spiro atoms. The van der Waals surface area contributed by atoms with E-state index < -0.39 is 11.7 Å². The first-order valence-electron chi connectivity index (χ1n) is 6.36. The summed E-state index contributed by atoms with van der Waals surface area (Å²) in [6.07, 6.45) is 2.00. The van der Waals surface area contributed by atoms with E-state index in [1.54, 1.807) is 0 Å². The van der Waals surface area contributed by atoms with Gasteiger partial charge >= 0.3 is 6.18 Å². The number of hydrogen-bond acceptors (Lipinski definition) is 1. The molecule has 19 heavy (non-hydrogen) atoms. The molecular weight excluding hydrogens is 361 g/mol. The highest BCUT2D eigenvalue weighted by atomic mass is 79.9. The van der Waals surface area contributed by atoms with Crippen LogP contribution in [-0.4, -0.2) is 0 Å². The Morgan fingerprint density at radius 3 is 2.42 bits per heavy atom. The zero-order chi connectivity index (χ0) is 14.5. The Morgan fingerprint density at radius 1 is 1.26 bits per heavy atom. The van der Waals surface area contributed by atoms with Gasteiger partial charge in [0.1, 0.15) is 0 Å². The largest absolute Gasteiger partial charge is 0.418 e. The minimum atomic E-state index is -4.31. The van der Waals surface area contributed by atoms with Crippen molar-refractivity contribution in [3.05, 3.63) is 20.3 Å². The summed E-state index contributed by atoms with van der Waals surface area (Å²) in [7, 11) is 0. The summed E-state index contributed by atoms with van der Waals surface area (Å²) < 4.78 is 38.1. The van der Waals surface area contributed by atoms with E-state index in [4.69, 9.17) is 11.6 Å². The van der Waals surface area contributed by atoms with Crippen LogP contribution in [0.15, 0.2) is 9.85 Å². The zero-order valence-electron chi connectivity index (χ0n) is 10.7. The monoisotopic (exact) mass is 376 g/mol. The van der Waals surface area contributed by atoms with E-state index in [0.29, 0.717) is 4.88 Å². The molecule has 0 radical (unpaired) electrons. The van der Waals surface area contributed by atoms with Gasteiger partial charge in [0.05, 0.1) is 10.9 Å². The highest BCUT2D eigenvalue weighted by molar-refractivity contribution is 9.10. The predicted molar refractivity (Wildman–Crippen MR) is 79.0 cm³/mol. The fraction of sp³-hybridized carbons (Fsp3) is 0.692. The quantitative estimate of drug-likeness (QED) is 0.349. The van der Waals surface area contributed by atoms with Gasteiger partial charge in [-0.05, 0) is 22.4 Å². The van der Waals surface area contributed by atoms with Crippen LogP contribution >= 0.6 is 38.9 Å². The third-order valence-corrected chi connectivity index (χ3v) is 5.69. The Balaban J connectivity index is 2.53. The van der Waals surface area contributed by atoms with Gasteiger partial charge in [-0.2, -0.15) is 13.2 Å². The van der Waals surface area contributed by atoms with E-state index >= 15 is 0 Å². The van der Waals surface area contributed by atoms with Crippen LogP contribution in [0.5, 0.6) is 0 Å². The SMILES string of the molecule is CCCCCCCC(Cl)c1scc(C(F)(F)F)c1Br. The van der Waals surface area contributed by atoms with Crippen molar-refractivity contribution < 1.29 is 13.2 Å². The molecule has 0 aliphatic rings. The van der Waals surface area contributed by atoms with E-state index in [0.717, 1.165) is 36.0 Å². The van der Waals surface area contributed by atoms with Crippen LogP contribution in [0.2, 0.25) is 0 Å². The first-order valence-corrected chi connectivity index (χ1v) is 8.47. The highest BCUT2D eigenvalue weighted by Crippen LogP contribution is 2.44. The smallest absolute Gasteiger partial charge is 0.166 e. The molecule has 1 heterocycles. The van der Waals surface area contributed by atoms with Crippen molar-refractivity contribution in [3.8, 4) is 0 Å². The zero-order valence-corrected chi connectivity index (χ0v) is 13.9. The molecule has 1 atom stereocenters. The number of halogens is 5. The van der Waals surface area contributed by atoms with Gasteiger partial charge in [-0.15, -0.1) is 22.9 Å². The van der Waals surface area contributed by atoms with Crippen molar-refractivity contribution in [2.45, 2.75) is 57.0 Å². The molecular formula is C13H17BrClF3S. The first kappa shape index (κ1) is 17.3. The third-order valence-electron chi connectivity index (χ3n) is 2.91. The van der Waals surface area contributed by atoms with Gasteiger partial charge in [0.2, 0.25) is 0 Å². The van der Waals surface area contributed by atoms with E-state index in [1.165, 1.54) is 19.3 Å². The van der Waals surface area contributed by atoms with Crippen LogP contribution in [0, 0.1) is 0 Å². The molecule has 1 aromatic heterocycles. The number of alkyl halides is 4. The van der Waals surface area contributed by atoms with Crippen LogP contribution in [0.4, 0.5) is 13.2 Å². The molecule has 0 fully saturated rings. The highest BCUT2D eigenvalue weighted by Gasteiger charge is 2.35. The second kappa shape index (κ2) is 7.89. The Hall–Kier alpha value is 0.260. The van der Waals surface area contributed by atoms with Gasteiger partial charge < -0.3 is 0 Å². The lowest BCUT2D eigenvalue weighted by Crippen LogP contribution is -2.04. The standard InChI is InChI=1S/C13H17BrClF3S/c1-2-3-4-5-6-7-10(15)12-11(14)9(8-19-12)13(16,17)18/h8,10H,2-7H2,1H3. The molecule has 110 valence electrons. The second-order valence-corrected chi connectivity index (χ2v) is 6.73. The third kappa shape index (κ3) is 5.27. The summed E-state index contributed by atoms with van der Waals surface area (Å²) >= 11 is 10.3. The summed E-state index contributed by atoms with van der Waals surface area (Å²) in [5, 5.41) is 0.795. The Labute approximate surface area is 129 Å². The van der Waals surface area contributed by atoms with Crippen LogP contribution < -0.4 is 0 Å². The Bertz CT molecular complexity index is 390. The molecule has 0 amide bonds. The maximum Gasteiger partial charge on any atom is 0.418 e. The summed E-state index contributed by atoms with van der Waals surface area (Å²) in [4.78, 5) is 0.587. The van der Waals surface area contributed by atoms with Gasteiger partial charge in [0, 0.05) is 14.7 Å². The minimum absolute atomic E-state index is 0.110. The number of unbranched alkanes of at least 4 members (excludes halogenated alkanes) is 4. The molecule has 0 saturated carbocycles. The van der Waals surface area contributed by atoms with Gasteiger partial charge in [-0.1, -0.05) is 39.0 Å². The van der Waals surface area contributed by atoms with Crippen molar-refractivity contribution >= 4 is 38.9 Å². The molecule has 0 nitrogen and oxygen atoms in total. The summed E-state index contributed by atoms with van der Waals surface area (Å²) in [6.45, 7) is 2.14. The average molecular weight is 378 g/mol.